The number of benzene rings is 2. The van der Waals surface area contributed by atoms with Crippen molar-refractivity contribution in [2.75, 3.05) is 49.6 Å². The lowest BCUT2D eigenvalue weighted by atomic mass is 10.1. The third-order valence-electron chi connectivity index (χ3n) is 5.37. The normalized spacial score (nSPS) is 19.9. The zero-order chi connectivity index (χ0) is 18.8. The molecule has 0 N–H and O–H groups in total. The molecule has 0 unspecified atom stereocenters. The van der Waals surface area contributed by atoms with E-state index in [0.717, 1.165) is 49.4 Å². The van der Waals surface area contributed by atoms with Crippen LogP contribution in [0.4, 0.5) is 11.4 Å². The topological polar surface area (TPSA) is 26.8 Å². The molecular weight excluding hydrogens is 358 g/mol. The van der Waals surface area contributed by atoms with Crippen molar-refractivity contribution >= 4 is 35.0 Å². The molecule has 2 saturated heterocycles. The summed E-state index contributed by atoms with van der Waals surface area (Å²) in [5.41, 5.74) is 4.12. The van der Waals surface area contributed by atoms with Gasteiger partial charge in [-0.25, -0.2) is 0 Å². The molecule has 1 amide bonds. The van der Waals surface area contributed by atoms with E-state index in [2.05, 4.69) is 41.1 Å². The fourth-order valence-electron chi connectivity index (χ4n) is 3.75. The van der Waals surface area contributed by atoms with Crippen molar-refractivity contribution in [3.63, 3.8) is 0 Å². The molecule has 2 aliphatic rings. The van der Waals surface area contributed by atoms with E-state index in [1.54, 1.807) is 0 Å². The molecule has 0 aromatic heterocycles. The van der Waals surface area contributed by atoms with Crippen LogP contribution in [0.25, 0.3) is 6.08 Å². The molecule has 0 spiro atoms. The maximum Gasteiger partial charge on any atom is 0.254 e. The molecule has 2 aromatic carbocycles. The highest BCUT2D eigenvalue weighted by atomic mass is 35.5. The number of anilines is 2. The second-order valence-corrected chi connectivity index (χ2v) is 7.64. The van der Waals surface area contributed by atoms with Gasteiger partial charge in [0.05, 0.1) is 0 Å². The van der Waals surface area contributed by atoms with E-state index >= 15 is 0 Å². The van der Waals surface area contributed by atoms with Crippen molar-refractivity contribution < 1.29 is 4.79 Å². The first-order valence-electron chi connectivity index (χ1n) is 9.42. The fraction of sp³-hybridized carbons (Fsp3) is 0.318. The minimum atomic E-state index is 0.0884. The van der Waals surface area contributed by atoms with Crippen LogP contribution in [0, 0.1) is 0 Å². The van der Waals surface area contributed by atoms with E-state index in [9.17, 15) is 4.79 Å². The molecule has 5 heteroatoms. The lowest BCUT2D eigenvalue weighted by Crippen LogP contribution is -2.44. The molecule has 0 aliphatic carbocycles. The highest BCUT2D eigenvalue weighted by molar-refractivity contribution is 6.30. The van der Waals surface area contributed by atoms with Crippen molar-refractivity contribution in [2.24, 2.45) is 0 Å². The van der Waals surface area contributed by atoms with E-state index in [0.29, 0.717) is 11.6 Å². The highest BCUT2D eigenvalue weighted by Gasteiger charge is 2.27. The molecule has 4 rings (SSSR count). The number of para-hydroxylation sites is 1. The summed E-state index contributed by atoms with van der Waals surface area (Å²) in [5.74, 6) is 0.0884. The number of rotatable bonds is 3. The molecular formula is C22H24ClN3O. The maximum absolute atomic E-state index is 12.9. The van der Waals surface area contributed by atoms with Crippen LogP contribution in [0.3, 0.4) is 0 Å². The second-order valence-electron chi connectivity index (χ2n) is 7.20. The molecule has 2 heterocycles. The largest absolute Gasteiger partial charge is 0.368 e. The monoisotopic (exact) mass is 381 g/mol. The van der Waals surface area contributed by atoms with E-state index in [1.165, 1.54) is 5.69 Å². The number of piperazine rings is 1. The Labute approximate surface area is 165 Å². The highest BCUT2D eigenvalue weighted by Crippen LogP contribution is 2.30. The van der Waals surface area contributed by atoms with Gasteiger partial charge in [-0.2, -0.15) is 0 Å². The van der Waals surface area contributed by atoms with Crippen molar-refractivity contribution in [2.45, 2.75) is 6.42 Å². The first-order valence-corrected chi connectivity index (χ1v) is 9.80. The summed E-state index contributed by atoms with van der Waals surface area (Å²) < 4.78 is 0. The first-order chi connectivity index (χ1) is 13.1. The van der Waals surface area contributed by atoms with Crippen LogP contribution in [0.1, 0.15) is 12.0 Å². The summed E-state index contributed by atoms with van der Waals surface area (Å²) in [6, 6.07) is 15.9. The Bertz CT molecular complexity index is 854. The Hall–Kier alpha value is -2.30. The zero-order valence-corrected chi connectivity index (χ0v) is 16.3. The number of nitrogens with zero attached hydrogens (tertiary/aromatic N) is 3. The van der Waals surface area contributed by atoms with Crippen LogP contribution in [-0.4, -0.2) is 50.6 Å². The Morgan fingerprint density at radius 1 is 0.926 bits per heavy atom. The Kier molecular flexibility index (Phi) is 5.19. The van der Waals surface area contributed by atoms with Crippen molar-refractivity contribution in [3.8, 4) is 0 Å². The second kappa shape index (κ2) is 7.75. The van der Waals surface area contributed by atoms with Gasteiger partial charge in [0, 0.05) is 54.7 Å². The van der Waals surface area contributed by atoms with Crippen LogP contribution in [-0.2, 0) is 4.79 Å². The summed E-state index contributed by atoms with van der Waals surface area (Å²) in [6.07, 6.45) is 2.84. The van der Waals surface area contributed by atoms with Crippen LogP contribution >= 0.6 is 11.6 Å². The van der Waals surface area contributed by atoms with Gasteiger partial charge >= 0.3 is 0 Å². The Balaban J connectivity index is 1.57. The molecule has 2 fully saturated rings. The molecule has 4 nitrogen and oxygen atoms in total. The average molecular weight is 382 g/mol. The van der Waals surface area contributed by atoms with Gasteiger partial charge in [-0.05, 0) is 55.4 Å². The molecule has 140 valence electrons. The zero-order valence-electron chi connectivity index (χ0n) is 15.6. The van der Waals surface area contributed by atoms with Gasteiger partial charge in [-0.1, -0.05) is 29.8 Å². The molecule has 27 heavy (non-hydrogen) atoms. The number of hydrogen-bond donors (Lipinski definition) is 0. The van der Waals surface area contributed by atoms with Gasteiger partial charge < -0.3 is 14.7 Å². The number of halogens is 1. The van der Waals surface area contributed by atoms with Crippen LogP contribution in [0.5, 0.6) is 0 Å². The number of amides is 1. The van der Waals surface area contributed by atoms with Gasteiger partial charge in [0.25, 0.3) is 5.91 Å². The average Bonchev–Trinajstić information content (AvgIpc) is 3.04. The number of hydrogen-bond acceptors (Lipinski definition) is 3. The third-order valence-corrected chi connectivity index (χ3v) is 5.63. The third kappa shape index (κ3) is 3.87. The molecule has 0 bridgehead atoms. The molecule has 2 aromatic rings. The van der Waals surface area contributed by atoms with Gasteiger partial charge in [-0.3, -0.25) is 4.79 Å². The fourth-order valence-corrected chi connectivity index (χ4v) is 3.87. The summed E-state index contributed by atoms with van der Waals surface area (Å²) in [7, 11) is 2.16. The van der Waals surface area contributed by atoms with Crippen LogP contribution in [0.15, 0.2) is 54.1 Å². The molecule has 0 saturated carbocycles. The van der Waals surface area contributed by atoms with Gasteiger partial charge in [0.2, 0.25) is 0 Å². The van der Waals surface area contributed by atoms with Crippen molar-refractivity contribution in [1.82, 2.24) is 4.90 Å². The standard InChI is InChI=1S/C22H24ClN3O/c1-24-12-14-25(15-13-24)21-5-3-2-4-17(21)16-18-10-11-26(22(18)27)20-8-6-19(23)7-9-20/h2-9,16H,10-15H2,1H3. The summed E-state index contributed by atoms with van der Waals surface area (Å²) in [5, 5.41) is 0.683. The lowest BCUT2D eigenvalue weighted by Gasteiger charge is -2.35. The summed E-state index contributed by atoms with van der Waals surface area (Å²) >= 11 is 5.97. The molecule has 0 atom stereocenters. The summed E-state index contributed by atoms with van der Waals surface area (Å²) in [6.45, 7) is 4.87. The maximum atomic E-state index is 12.9. The Morgan fingerprint density at radius 2 is 1.63 bits per heavy atom. The molecule has 2 aliphatic heterocycles. The van der Waals surface area contributed by atoms with E-state index in [1.807, 2.05) is 35.2 Å². The van der Waals surface area contributed by atoms with Gasteiger partial charge in [-0.15, -0.1) is 0 Å². The number of carbonyl (C=O) groups excluding carboxylic acids is 1. The number of likely N-dealkylation sites (N-methyl/N-ethyl adjacent to an activating group) is 1. The minimum Gasteiger partial charge on any atom is -0.368 e. The predicted octanol–water partition coefficient (Wildman–Crippen LogP) is 3.91. The van der Waals surface area contributed by atoms with Crippen molar-refractivity contribution in [3.05, 3.63) is 64.7 Å². The first kappa shape index (κ1) is 18.1. The smallest absolute Gasteiger partial charge is 0.254 e. The SMILES string of the molecule is CN1CCN(c2ccccc2C=C2CCN(c3ccc(Cl)cc3)C2=O)CC1. The van der Waals surface area contributed by atoms with Gasteiger partial charge in [0.1, 0.15) is 0 Å². The van der Waals surface area contributed by atoms with Crippen molar-refractivity contribution in [1.29, 1.82) is 0 Å². The van der Waals surface area contributed by atoms with E-state index in [4.69, 9.17) is 11.6 Å². The predicted molar refractivity (Wildman–Crippen MR) is 113 cm³/mol. The van der Waals surface area contributed by atoms with E-state index in [-0.39, 0.29) is 5.91 Å². The number of carbonyl (C=O) groups is 1. The van der Waals surface area contributed by atoms with E-state index < -0.39 is 0 Å². The lowest BCUT2D eigenvalue weighted by molar-refractivity contribution is -0.114. The van der Waals surface area contributed by atoms with Crippen LogP contribution in [0.2, 0.25) is 5.02 Å². The molecule has 0 radical (unpaired) electrons. The quantitative estimate of drug-likeness (QED) is 0.754. The Morgan fingerprint density at radius 3 is 2.37 bits per heavy atom. The summed E-state index contributed by atoms with van der Waals surface area (Å²) in [4.78, 5) is 19.5. The van der Waals surface area contributed by atoms with Crippen LogP contribution < -0.4 is 9.80 Å². The van der Waals surface area contributed by atoms with Gasteiger partial charge in [0.15, 0.2) is 0 Å². The minimum absolute atomic E-state index is 0.0884.